The SMILES string of the molecule is CCN(CC)CCNC(=O)CCCOc1[c]cccc1. The van der Waals surface area contributed by atoms with Gasteiger partial charge in [0.2, 0.25) is 5.91 Å². The third kappa shape index (κ3) is 7.14. The van der Waals surface area contributed by atoms with Gasteiger partial charge in [-0.15, -0.1) is 0 Å². The smallest absolute Gasteiger partial charge is 0.220 e. The molecule has 0 saturated carbocycles. The van der Waals surface area contributed by atoms with Gasteiger partial charge >= 0.3 is 0 Å². The molecule has 0 aliphatic rings. The Balaban J connectivity index is 2.03. The molecule has 0 aliphatic heterocycles. The lowest BCUT2D eigenvalue weighted by Gasteiger charge is -2.17. The number of para-hydroxylation sites is 1. The van der Waals surface area contributed by atoms with Crippen LogP contribution in [-0.2, 0) is 4.79 Å². The molecule has 0 atom stereocenters. The van der Waals surface area contributed by atoms with E-state index in [-0.39, 0.29) is 5.91 Å². The second-order valence-corrected chi connectivity index (χ2v) is 4.56. The number of carbonyl (C=O) groups excluding carboxylic acids is 1. The number of rotatable bonds is 10. The molecule has 0 spiro atoms. The largest absolute Gasteiger partial charge is 0.493 e. The number of amides is 1. The summed E-state index contributed by atoms with van der Waals surface area (Å²) in [5.41, 5.74) is 0. The molecule has 0 fully saturated rings. The second kappa shape index (κ2) is 10.3. The van der Waals surface area contributed by atoms with Crippen molar-refractivity contribution in [3.05, 3.63) is 30.3 Å². The van der Waals surface area contributed by atoms with Gasteiger partial charge in [-0.25, -0.2) is 0 Å². The number of nitrogens with one attached hydrogen (secondary N) is 1. The van der Waals surface area contributed by atoms with Gasteiger partial charge in [-0.1, -0.05) is 32.0 Å². The van der Waals surface area contributed by atoms with Gasteiger partial charge in [0.05, 0.1) is 6.61 Å². The van der Waals surface area contributed by atoms with Crippen LogP contribution in [0.4, 0.5) is 0 Å². The van der Waals surface area contributed by atoms with Crippen molar-refractivity contribution < 1.29 is 9.53 Å². The van der Waals surface area contributed by atoms with E-state index in [0.29, 0.717) is 19.6 Å². The summed E-state index contributed by atoms with van der Waals surface area (Å²) < 4.78 is 5.49. The molecule has 111 valence electrons. The number of hydrogen-bond donors (Lipinski definition) is 1. The van der Waals surface area contributed by atoms with Crippen molar-refractivity contribution in [1.82, 2.24) is 10.2 Å². The summed E-state index contributed by atoms with van der Waals surface area (Å²) in [5, 5.41) is 2.94. The number of carbonyl (C=O) groups is 1. The molecule has 0 bridgehead atoms. The quantitative estimate of drug-likeness (QED) is 0.666. The molecular formula is C16H25N2O2. The van der Waals surface area contributed by atoms with Gasteiger partial charge < -0.3 is 15.0 Å². The van der Waals surface area contributed by atoms with Crippen LogP contribution < -0.4 is 10.1 Å². The maximum absolute atomic E-state index is 11.6. The van der Waals surface area contributed by atoms with Crippen molar-refractivity contribution in [2.75, 3.05) is 32.8 Å². The minimum Gasteiger partial charge on any atom is -0.493 e. The van der Waals surface area contributed by atoms with Gasteiger partial charge in [0.25, 0.3) is 0 Å². The molecule has 0 unspecified atom stereocenters. The first-order chi connectivity index (χ1) is 9.76. The van der Waals surface area contributed by atoms with Crippen LogP contribution in [-0.4, -0.2) is 43.6 Å². The zero-order valence-electron chi connectivity index (χ0n) is 12.5. The lowest BCUT2D eigenvalue weighted by molar-refractivity contribution is -0.121. The average Bonchev–Trinajstić information content (AvgIpc) is 2.49. The molecule has 0 aromatic heterocycles. The van der Waals surface area contributed by atoms with Gasteiger partial charge in [-0.2, -0.15) is 0 Å². The van der Waals surface area contributed by atoms with E-state index in [9.17, 15) is 4.79 Å². The Hall–Kier alpha value is -1.55. The summed E-state index contributed by atoms with van der Waals surface area (Å²) in [4.78, 5) is 13.9. The number of likely N-dealkylation sites (N-methyl/N-ethyl adjacent to an activating group) is 1. The molecule has 1 radical (unpaired) electrons. The van der Waals surface area contributed by atoms with Gasteiger partial charge in [0.1, 0.15) is 5.75 Å². The molecule has 4 nitrogen and oxygen atoms in total. The summed E-state index contributed by atoms with van der Waals surface area (Å²) in [6, 6.07) is 10.5. The van der Waals surface area contributed by atoms with E-state index in [2.05, 4.69) is 30.1 Å². The van der Waals surface area contributed by atoms with Gasteiger partial charge in [-0.3, -0.25) is 4.79 Å². The minimum atomic E-state index is 0.0952. The molecular weight excluding hydrogens is 252 g/mol. The molecule has 4 heteroatoms. The fourth-order valence-electron chi connectivity index (χ4n) is 1.86. The monoisotopic (exact) mass is 277 g/mol. The summed E-state index contributed by atoms with van der Waals surface area (Å²) in [6.45, 7) is 8.47. The first kappa shape index (κ1) is 16.5. The maximum Gasteiger partial charge on any atom is 0.220 e. The Kier molecular flexibility index (Phi) is 8.47. The zero-order chi connectivity index (χ0) is 14.6. The van der Waals surface area contributed by atoms with Crippen LogP contribution in [0.25, 0.3) is 0 Å². The summed E-state index contributed by atoms with van der Waals surface area (Å²) >= 11 is 0. The highest BCUT2D eigenvalue weighted by atomic mass is 16.5. The predicted octanol–water partition coefficient (Wildman–Crippen LogP) is 2.10. The average molecular weight is 277 g/mol. The molecule has 1 aromatic carbocycles. The Morgan fingerprint density at radius 1 is 1.35 bits per heavy atom. The lowest BCUT2D eigenvalue weighted by atomic mass is 10.3. The molecule has 0 saturated heterocycles. The standard InChI is InChI=1S/C16H25N2O2/c1-3-18(4-2)13-12-17-16(19)11-8-14-20-15-9-6-5-7-10-15/h5-7,9H,3-4,8,11-14H2,1-2H3,(H,17,19). The normalized spacial score (nSPS) is 10.6. The number of ether oxygens (including phenoxy) is 1. The number of benzene rings is 1. The molecule has 1 amide bonds. The molecule has 0 aliphatic carbocycles. The van der Waals surface area contributed by atoms with Crippen molar-refractivity contribution in [3.8, 4) is 5.75 Å². The third-order valence-corrected chi connectivity index (χ3v) is 3.13. The van der Waals surface area contributed by atoms with Crippen LogP contribution in [0.3, 0.4) is 0 Å². The fraction of sp³-hybridized carbons (Fsp3) is 0.562. The first-order valence-electron chi connectivity index (χ1n) is 7.34. The zero-order valence-corrected chi connectivity index (χ0v) is 12.5. The molecule has 1 rings (SSSR count). The highest BCUT2D eigenvalue weighted by molar-refractivity contribution is 5.75. The molecule has 1 aromatic rings. The number of nitrogens with zero attached hydrogens (tertiary/aromatic N) is 1. The van der Waals surface area contributed by atoms with E-state index < -0.39 is 0 Å². The van der Waals surface area contributed by atoms with Crippen LogP contribution >= 0.6 is 0 Å². The van der Waals surface area contributed by atoms with E-state index in [1.165, 1.54) is 0 Å². The highest BCUT2D eigenvalue weighted by Crippen LogP contribution is 2.07. The van der Waals surface area contributed by atoms with Crippen LogP contribution in [0.2, 0.25) is 0 Å². The topological polar surface area (TPSA) is 41.6 Å². The Labute approximate surface area is 122 Å². The summed E-state index contributed by atoms with van der Waals surface area (Å²) in [7, 11) is 0. The van der Waals surface area contributed by atoms with E-state index in [1.807, 2.05) is 24.3 Å². The van der Waals surface area contributed by atoms with E-state index in [1.54, 1.807) is 0 Å². The van der Waals surface area contributed by atoms with Crippen molar-refractivity contribution in [2.24, 2.45) is 0 Å². The van der Waals surface area contributed by atoms with Crippen molar-refractivity contribution in [3.63, 3.8) is 0 Å². The fourth-order valence-corrected chi connectivity index (χ4v) is 1.86. The van der Waals surface area contributed by atoms with Crippen molar-refractivity contribution in [2.45, 2.75) is 26.7 Å². The van der Waals surface area contributed by atoms with E-state index in [4.69, 9.17) is 4.74 Å². The van der Waals surface area contributed by atoms with Gasteiger partial charge in [-0.05, 0) is 25.6 Å². The maximum atomic E-state index is 11.6. The predicted molar refractivity (Wildman–Crippen MR) is 80.8 cm³/mol. The lowest BCUT2D eigenvalue weighted by Crippen LogP contribution is -2.34. The second-order valence-electron chi connectivity index (χ2n) is 4.56. The van der Waals surface area contributed by atoms with Crippen LogP contribution in [0.15, 0.2) is 24.3 Å². The Bertz CT molecular complexity index is 364. The highest BCUT2D eigenvalue weighted by Gasteiger charge is 2.03. The Morgan fingerprint density at radius 3 is 2.80 bits per heavy atom. The Morgan fingerprint density at radius 2 is 2.15 bits per heavy atom. The van der Waals surface area contributed by atoms with Crippen molar-refractivity contribution in [1.29, 1.82) is 0 Å². The van der Waals surface area contributed by atoms with Gasteiger partial charge in [0.15, 0.2) is 0 Å². The third-order valence-electron chi connectivity index (χ3n) is 3.13. The van der Waals surface area contributed by atoms with Crippen LogP contribution in [0, 0.1) is 6.07 Å². The first-order valence-corrected chi connectivity index (χ1v) is 7.34. The van der Waals surface area contributed by atoms with Crippen molar-refractivity contribution >= 4 is 5.91 Å². The molecule has 1 N–H and O–H groups in total. The minimum absolute atomic E-state index is 0.0952. The van der Waals surface area contributed by atoms with Crippen LogP contribution in [0.5, 0.6) is 5.75 Å². The van der Waals surface area contributed by atoms with Gasteiger partial charge in [0, 0.05) is 25.6 Å². The van der Waals surface area contributed by atoms with E-state index in [0.717, 1.165) is 31.8 Å². The van der Waals surface area contributed by atoms with Crippen LogP contribution in [0.1, 0.15) is 26.7 Å². The summed E-state index contributed by atoms with van der Waals surface area (Å²) in [5.74, 6) is 0.826. The molecule has 0 heterocycles. The van der Waals surface area contributed by atoms with E-state index >= 15 is 0 Å². The summed E-state index contributed by atoms with van der Waals surface area (Å²) in [6.07, 6.45) is 1.23. The molecule has 20 heavy (non-hydrogen) atoms. The number of hydrogen-bond acceptors (Lipinski definition) is 3.